The molecule has 0 saturated heterocycles. The Kier molecular flexibility index (Phi) is 5.88. The maximum absolute atomic E-state index is 12.2. The van der Waals surface area contributed by atoms with Crippen LogP contribution in [0.1, 0.15) is 21.5 Å². The molecular weight excluding hydrogens is 364 g/mol. The number of halogens is 1. The molecule has 0 aliphatic carbocycles. The van der Waals surface area contributed by atoms with E-state index in [-0.39, 0.29) is 5.91 Å². The van der Waals surface area contributed by atoms with E-state index in [4.69, 9.17) is 16.3 Å². The Hall–Kier alpha value is -3.12. The summed E-state index contributed by atoms with van der Waals surface area (Å²) < 4.78 is 5.11. The molecule has 0 fully saturated rings. The van der Waals surface area contributed by atoms with Gasteiger partial charge >= 0.3 is 0 Å². The van der Waals surface area contributed by atoms with Crippen LogP contribution in [-0.2, 0) is 6.54 Å². The van der Waals surface area contributed by atoms with Crippen molar-refractivity contribution >= 4 is 29.1 Å². The van der Waals surface area contributed by atoms with Crippen LogP contribution in [-0.4, -0.2) is 23.0 Å². The van der Waals surface area contributed by atoms with E-state index in [0.717, 1.165) is 22.6 Å². The van der Waals surface area contributed by atoms with Crippen molar-refractivity contribution < 1.29 is 9.53 Å². The van der Waals surface area contributed by atoms with Crippen molar-refractivity contribution in [3.05, 3.63) is 76.6 Å². The van der Waals surface area contributed by atoms with Gasteiger partial charge in [0, 0.05) is 29.6 Å². The number of nitrogens with one attached hydrogen (secondary N) is 2. The normalized spacial score (nSPS) is 10.3. The fourth-order valence-corrected chi connectivity index (χ4v) is 2.52. The predicted octanol–water partition coefficient (Wildman–Crippen LogP) is 4.12. The summed E-state index contributed by atoms with van der Waals surface area (Å²) in [5, 5.41) is 6.56. The number of aromatic nitrogens is 2. The third kappa shape index (κ3) is 4.95. The van der Waals surface area contributed by atoms with Crippen LogP contribution in [0.15, 0.2) is 54.9 Å². The van der Waals surface area contributed by atoms with Crippen LogP contribution < -0.4 is 15.4 Å². The van der Waals surface area contributed by atoms with Crippen LogP contribution in [0.5, 0.6) is 5.75 Å². The molecule has 0 unspecified atom stereocenters. The van der Waals surface area contributed by atoms with Crippen LogP contribution in [0.2, 0.25) is 5.02 Å². The highest BCUT2D eigenvalue weighted by Gasteiger charge is 2.08. The molecule has 0 radical (unpaired) electrons. The Morgan fingerprint density at radius 2 is 1.81 bits per heavy atom. The largest absolute Gasteiger partial charge is 0.497 e. The molecule has 7 heteroatoms. The van der Waals surface area contributed by atoms with Gasteiger partial charge in [0.1, 0.15) is 5.75 Å². The van der Waals surface area contributed by atoms with Gasteiger partial charge in [0.25, 0.3) is 5.91 Å². The summed E-state index contributed by atoms with van der Waals surface area (Å²) in [4.78, 5) is 20.6. The van der Waals surface area contributed by atoms with E-state index in [1.807, 2.05) is 43.3 Å². The van der Waals surface area contributed by atoms with Crippen LogP contribution >= 0.6 is 11.6 Å². The minimum absolute atomic E-state index is 0.240. The molecule has 2 N–H and O–H groups in total. The molecule has 138 valence electrons. The van der Waals surface area contributed by atoms with Crippen LogP contribution in [0, 0.1) is 6.92 Å². The lowest BCUT2D eigenvalue weighted by Crippen LogP contribution is -2.23. The summed E-state index contributed by atoms with van der Waals surface area (Å²) in [5.74, 6) is 0.925. The molecule has 3 rings (SSSR count). The number of hydrogen-bond acceptors (Lipinski definition) is 5. The number of benzene rings is 2. The van der Waals surface area contributed by atoms with E-state index in [9.17, 15) is 4.79 Å². The summed E-state index contributed by atoms with van der Waals surface area (Å²) in [6.45, 7) is 2.34. The topological polar surface area (TPSA) is 76.1 Å². The third-order valence-electron chi connectivity index (χ3n) is 3.95. The van der Waals surface area contributed by atoms with Gasteiger partial charge < -0.3 is 15.4 Å². The molecule has 0 atom stereocenters. The first kappa shape index (κ1) is 18.7. The van der Waals surface area contributed by atoms with Crippen molar-refractivity contribution in [2.24, 2.45) is 0 Å². The van der Waals surface area contributed by atoms with Crippen molar-refractivity contribution in [3.8, 4) is 5.75 Å². The average Bonchev–Trinajstić information content (AvgIpc) is 2.70. The Labute approximate surface area is 162 Å². The zero-order chi connectivity index (χ0) is 19.2. The molecule has 0 spiro atoms. The first-order valence-electron chi connectivity index (χ1n) is 8.31. The Balaban J connectivity index is 1.58. The van der Waals surface area contributed by atoms with Gasteiger partial charge in [-0.1, -0.05) is 29.8 Å². The highest BCUT2D eigenvalue weighted by Crippen LogP contribution is 2.21. The van der Waals surface area contributed by atoms with Crippen molar-refractivity contribution in [3.63, 3.8) is 0 Å². The summed E-state index contributed by atoms with van der Waals surface area (Å²) in [6.07, 6.45) is 2.96. The fourth-order valence-electron chi connectivity index (χ4n) is 2.34. The van der Waals surface area contributed by atoms with E-state index in [1.165, 1.54) is 12.4 Å². The fraction of sp³-hybridized carbons (Fsp3) is 0.150. The SMILES string of the molecule is COc1ccc(CNC(=O)c2cnc(Nc3ccc(C)c(Cl)c3)nc2)cc1. The summed E-state index contributed by atoms with van der Waals surface area (Å²) in [5.41, 5.74) is 3.13. The number of aryl methyl sites for hydroxylation is 1. The molecule has 1 heterocycles. The van der Waals surface area contributed by atoms with Crippen molar-refractivity contribution in [2.75, 3.05) is 12.4 Å². The van der Waals surface area contributed by atoms with Crippen LogP contribution in [0.4, 0.5) is 11.6 Å². The van der Waals surface area contributed by atoms with E-state index >= 15 is 0 Å². The quantitative estimate of drug-likeness (QED) is 0.670. The number of hydrogen-bond donors (Lipinski definition) is 2. The minimum Gasteiger partial charge on any atom is -0.497 e. The van der Waals surface area contributed by atoms with Crippen molar-refractivity contribution in [1.82, 2.24) is 15.3 Å². The minimum atomic E-state index is -0.240. The Morgan fingerprint density at radius 3 is 2.44 bits per heavy atom. The molecule has 1 aromatic heterocycles. The Bertz CT molecular complexity index is 928. The number of ether oxygens (including phenoxy) is 1. The zero-order valence-corrected chi connectivity index (χ0v) is 15.7. The maximum atomic E-state index is 12.2. The molecule has 0 aliphatic heterocycles. The number of carbonyl (C=O) groups excluding carboxylic acids is 1. The first-order chi connectivity index (χ1) is 13.0. The smallest absolute Gasteiger partial charge is 0.254 e. The number of rotatable bonds is 6. The average molecular weight is 383 g/mol. The second kappa shape index (κ2) is 8.51. The lowest BCUT2D eigenvalue weighted by molar-refractivity contribution is 0.0950. The molecule has 6 nitrogen and oxygen atoms in total. The van der Waals surface area contributed by atoms with Crippen molar-refractivity contribution in [1.29, 1.82) is 0 Å². The Morgan fingerprint density at radius 1 is 1.11 bits per heavy atom. The van der Waals surface area contributed by atoms with Gasteiger partial charge in [0.15, 0.2) is 0 Å². The number of methoxy groups -OCH3 is 1. The van der Waals surface area contributed by atoms with Gasteiger partial charge in [-0.3, -0.25) is 4.79 Å². The molecule has 3 aromatic rings. The lowest BCUT2D eigenvalue weighted by Gasteiger charge is -2.08. The van der Waals surface area contributed by atoms with Gasteiger partial charge in [-0.05, 0) is 42.3 Å². The molecule has 0 aliphatic rings. The first-order valence-corrected chi connectivity index (χ1v) is 8.69. The van der Waals surface area contributed by atoms with E-state index in [0.29, 0.717) is 23.1 Å². The zero-order valence-electron chi connectivity index (χ0n) is 15.0. The molecule has 2 aromatic carbocycles. The summed E-state index contributed by atoms with van der Waals surface area (Å²) in [6, 6.07) is 13.1. The number of anilines is 2. The van der Waals surface area contributed by atoms with Gasteiger partial charge in [0.2, 0.25) is 5.95 Å². The van der Waals surface area contributed by atoms with Crippen molar-refractivity contribution in [2.45, 2.75) is 13.5 Å². The van der Waals surface area contributed by atoms with Crippen LogP contribution in [0.3, 0.4) is 0 Å². The van der Waals surface area contributed by atoms with Gasteiger partial charge in [-0.15, -0.1) is 0 Å². The number of carbonyl (C=O) groups is 1. The summed E-state index contributed by atoms with van der Waals surface area (Å²) >= 11 is 6.11. The number of amides is 1. The monoisotopic (exact) mass is 382 g/mol. The molecular formula is C20H19ClN4O2. The highest BCUT2D eigenvalue weighted by atomic mass is 35.5. The second-order valence-corrected chi connectivity index (χ2v) is 6.32. The summed E-state index contributed by atoms with van der Waals surface area (Å²) in [7, 11) is 1.61. The van der Waals surface area contributed by atoms with Gasteiger partial charge in [-0.2, -0.15) is 0 Å². The molecule has 0 saturated carbocycles. The van der Waals surface area contributed by atoms with E-state index < -0.39 is 0 Å². The number of nitrogens with zero attached hydrogens (tertiary/aromatic N) is 2. The van der Waals surface area contributed by atoms with Gasteiger partial charge in [0.05, 0.1) is 12.7 Å². The van der Waals surface area contributed by atoms with Crippen LogP contribution in [0.25, 0.3) is 0 Å². The van der Waals surface area contributed by atoms with E-state index in [1.54, 1.807) is 13.2 Å². The third-order valence-corrected chi connectivity index (χ3v) is 4.36. The second-order valence-electron chi connectivity index (χ2n) is 5.92. The lowest BCUT2D eigenvalue weighted by atomic mass is 10.2. The predicted molar refractivity (Wildman–Crippen MR) is 106 cm³/mol. The molecule has 1 amide bonds. The maximum Gasteiger partial charge on any atom is 0.254 e. The standard InChI is InChI=1S/C20H19ClN4O2/c1-13-3-6-16(9-18(13)21)25-20-23-11-15(12-24-20)19(26)22-10-14-4-7-17(27-2)8-5-14/h3-9,11-12H,10H2,1-2H3,(H,22,26)(H,23,24,25). The molecule has 0 bridgehead atoms. The van der Waals surface area contributed by atoms with E-state index in [2.05, 4.69) is 20.6 Å². The van der Waals surface area contributed by atoms with Gasteiger partial charge in [-0.25, -0.2) is 9.97 Å². The molecule has 27 heavy (non-hydrogen) atoms. The highest BCUT2D eigenvalue weighted by molar-refractivity contribution is 6.31.